The molecule has 1 heterocycles. The molecule has 0 unspecified atom stereocenters. The Bertz CT molecular complexity index is 862. The van der Waals surface area contributed by atoms with Crippen molar-refractivity contribution >= 4 is 22.6 Å². The number of aromatic amines is 2. The highest BCUT2D eigenvalue weighted by Crippen LogP contribution is 2.17. The second kappa shape index (κ2) is 5.77. The van der Waals surface area contributed by atoms with Crippen LogP contribution in [0.25, 0.3) is 11.0 Å². The highest BCUT2D eigenvalue weighted by Gasteiger charge is 2.07. The molecule has 1 amide bonds. The molecule has 0 radical (unpaired) electrons. The van der Waals surface area contributed by atoms with Crippen LogP contribution in [0.5, 0.6) is 5.75 Å². The van der Waals surface area contributed by atoms with Gasteiger partial charge in [0.25, 0.3) is 5.91 Å². The van der Waals surface area contributed by atoms with Crippen molar-refractivity contribution in [1.29, 1.82) is 0 Å². The van der Waals surface area contributed by atoms with E-state index < -0.39 is 0 Å². The molecule has 22 heavy (non-hydrogen) atoms. The summed E-state index contributed by atoms with van der Waals surface area (Å²) in [4.78, 5) is 28.7. The molecule has 0 fully saturated rings. The summed E-state index contributed by atoms with van der Waals surface area (Å²) in [7, 11) is 0. The first-order valence-electron chi connectivity index (χ1n) is 6.92. The molecule has 3 aromatic rings. The third-order valence-corrected chi connectivity index (χ3v) is 3.20. The van der Waals surface area contributed by atoms with E-state index in [0.717, 1.165) is 5.75 Å². The third-order valence-electron chi connectivity index (χ3n) is 3.20. The fourth-order valence-corrected chi connectivity index (χ4v) is 2.18. The number of fused-ring (bicyclic) bond motifs is 1. The molecule has 0 saturated carbocycles. The first-order valence-corrected chi connectivity index (χ1v) is 6.92. The van der Waals surface area contributed by atoms with E-state index in [4.69, 9.17) is 4.74 Å². The molecular weight excluding hydrogens is 282 g/mol. The lowest BCUT2D eigenvalue weighted by atomic mass is 10.2. The molecule has 2 aromatic carbocycles. The fraction of sp³-hybridized carbons (Fsp3) is 0.125. The molecule has 0 aliphatic rings. The molecule has 0 bridgehead atoms. The summed E-state index contributed by atoms with van der Waals surface area (Å²) in [6, 6.07) is 12.1. The molecular formula is C16H15N3O3. The van der Waals surface area contributed by atoms with Gasteiger partial charge in [-0.15, -0.1) is 0 Å². The van der Waals surface area contributed by atoms with Crippen LogP contribution in [-0.2, 0) is 0 Å². The van der Waals surface area contributed by atoms with Crippen molar-refractivity contribution in [2.24, 2.45) is 0 Å². The Balaban J connectivity index is 1.78. The number of aromatic nitrogens is 2. The third kappa shape index (κ3) is 2.85. The van der Waals surface area contributed by atoms with Gasteiger partial charge in [0.2, 0.25) is 0 Å². The van der Waals surface area contributed by atoms with Gasteiger partial charge in [-0.1, -0.05) is 0 Å². The van der Waals surface area contributed by atoms with Gasteiger partial charge in [0.15, 0.2) is 0 Å². The van der Waals surface area contributed by atoms with Crippen LogP contribution in [-0.4, -0.2) is 22.5 Å². The van der Waals surface area contributed by atoms with Crippen LogP contribution in [0.4, 0.5) is 5.69 Å². The summed E-state index contributed by atoms with van der Waals surface area (Å²) >= 11 is 0. The average Bonchev–Trinajstić information content (AvgIpc) is 2.87. The molecule has 1 aromatic heterocycles. The first-order chi connectivity index (χ1) is 10.7. The highest BCUT2D eigenvalue weighted by molar-refractivity contribution is 6.05. The maximum absolute atomic E-state index is 12.2. The second-order valence-electron chi connectivity index (χ2n) is 4.75. The van der Waals surface area contributed by atoms with Crippen LogP contribution in [0, 0.1) is 0 Å². The molecule has 0 atom stereocenters. The maximum Gasteiger partial charge on any atom is 0.323 e. The zero-order valence-electron chi connectivity index (χ0n) is 12.0. The normalized spacial score (nSPS) is 10.6. The number of hydrogen-bond acceptors (Lipinski definition) is 3. The Morgan fingerprint density at radius 2 is 1.82 bits per heavy atom. The van der Waals surface area contributed by atoms with Gasteiger partial charge < -0.3 is 20.0 Å². The van der Waals surface area contributed by atoms with Crippen molar-refractivity contribution in [2.75, 3.05) is 11.9 Å². The van der Waals surface area contributed by atoms with Crippen molar-refractivity contribution in [2.45, 2.75) is 6.92 Å². The number of carbonyl (C=O) groups excluding carboxylic acids is 1. The standard InChI is InChI=1S/C16H15N3O3/c1-2-22-12-6-3-10(4-7-12)15(20)17-11-5-8-13-14(9-11)19-16(21)18-13/h3-9H,2H2,1H3,(H,17,20)(H2,18,19,21). The van der Waals surface area contributed by atoms with Gasteiger partial charge in [-0.25, -0.2) is 4.79 Å². The number of anilines is 1. The second-order valence-corrected chi connectivity index (χ2v) is 4.75. The Morgan fingerprint density at radius 1 is 1.09 bits per heavy atom. The molecule has 0 aliphatic carbocycles. The predicted molar refractivity (Wildman–Crippen MR) is 84.5 cm³/mol. The first kappa shape index (κ1) is 13.9. The lowest BCUT2D eigenvalue weighted by Gasteiger charge is -2.07. The Hall–Kier alpha value is -3.02. The lowest BCUT2D eigenvalue weighted by molar-refractivity contribution is 0.102. The smallest absolute Gasteiger partial charge is 0.323 e. The number of ether oxygens (including phenoxy) is 1. The van der Waals surface area contributed by atoms with Crippen molar-refractivity contribution in [3.8, 4) is 5.75 Å². The number of nitrogens with one attached hydrogen (secondary N) is 3. The van der Waals surface area contributed by atoms with Crippen LogP contribution < -0.4 is 15.7 Å². The Kier molecular flexibility index (Phi) is 3.65. The number of amides is 1. The van der Waals surface area contributed by atoms with Crippen LogP contribution in [0.3, 0.4) is 0 Å². The molecule has 3 N–H and O–H groups in total. The van der Waals surface area contributed by atoms with E-state index in [9.17, 15) is 9.59 Å². The van der Waals surface area contributed by atoms with E-state index >= 15 is 0 Å². The topological polar surface area (TPSA) is 87.0 Å². The predicted octanol–water partition coefficient (Wildman–Crippen LogP) is 2.51. The number of imidazole rings is 1. The van der Waals surface area contributed by atoms with E-state index in [1.165, 1.54) is 0 Å². The minimum Gasteiger partial charge on any atom is -0.494 e. The zero-order valence-corrected chi connectivity index (χ0v) is 12.0. The summed E-state index contributed by atoms with van der Waals surface area (Å²) in [5, 5.41) is 2.80. The number of hydrogen-bond donors (Lipinski definition) is 3. The van der Waals surface area contributed by atoms with E-state index in [1.807, 2.05) is 6.92 Å². The van der Waals surface area contributed by atoms with Gasteiger partial charge in [0.05, 0.1) is 17.6 Å². The quantitative estimate of drug-likeness (QED) is 0.691. The van der Waals surface area contributed by atoms with Crippen molar-refractivity contribution < 1.29 is 9.53 Å². The minimum absolute atomic E-state index is 0.222. The zero-order chi connectivity index (χ0) is 15.5. The van der Waals surface area contributed by atoms with Crippen molar-refractivity contribution in [1.82, 2.24) is 9.97 Å². The minimum atomic E-state index is -0.273. The van der Waals surface area contributed by atoms with Gasteiger partial charge in [-0.05, 0) is 49.4 Å². The SMILES string of the molecule is CCOc1ccc(C(=O)Nc2ccc3[nH]c(=O)[nH]c3c2)cc1. The van der Waals surface area contributed by atoms with Gasteiger partial charge in [0, 0.05) is 11.3 Å². The summed E-state index contributed by atoms with van der Waals surface area (Å²) in [5.74, 6) is 0.505. The number of benzene rings is 2. The molecule has 6 nitrogen and oxygen atoms in total. The van der Waals surface area contributed by atoms with Crippen molar-refractivity contribution in [3.63, 3.8) is 0 Å². The maximum atomic E-state index is 12.2. The molecule has 0 saturated heterocycles. The van der Waals surface area contributed by atoms with Crippen molar-refractivity contribution in [3.05, 3.63) is 58.5 Å². The average molecular weight is 297 g/mol. The van der Waals surface area contributed by atoms with E-state index in [-0.39, 0.29) is 11.6 Å². The number of H-pyrrole nitrogens is 2. The van der Waals surface area contributed by atoms with Crippen LogP contribution in [0.2, 0.25) is 0 Å². The summed E-state index contributed by atoms with van der Waals surface area (Å²) < 4.78 is 5.34. The number of rotatable bonds is 4. The Morgan fingerprint density at radius 3 is 2.55 bits per heavy atom. The van der Waals surface area contributed by atoms with E-state index in [1.54, 1.807) is 42.5 Å². The van der Waals surface area contributed by atoms with Crippen LogP contribution in [0.15, 0.2) is 47.3 Å². The van der Waals surface area contributed by atoms with Gasteiger partial charge in [-0.3, -0.25) is 4.79 Å². The van der Waals surface area contributed by atoms with Gasteiger partial charge >= 0.3 is 5.69 Å². The van der Waals surface area contributed by atoms with E-state index in [0.29, 0.717) is 28.9 Å². The molecule has 112 valence electrons. The molecule has 6 heteroatoms. The molecule has 3 rings (SSSR count). The van der Waals surface area contributed by atoms with E-state index in [2.05, 4.69) is 15.3 Å². The lowest BCUT2D eigenvalue weighted by Crippen LogP contribution is -2.11. The summed E-state index contributed by atoms with van der Waals surface area (Å²) in [6.07, 6.45) is 0. The summed E-state index contributed by atoms with van der Waals surface area (Å²) in [6.45, 7) is 2.49. The molecule has 0 aliphatic heterocycles. The highest BCUT2D eigenvalue weighted by atomic mass is 16.5. The van der Waals surface area contributed by atoms with Gasteiger partial charge in [-0.2, -0.15) is 0 Å². The largest absolute Gasteiger partial charge is 0.494 e. The number of carbonyl (C=O) groups is 1. The van der Waals surface area contributed by atoms with Crippen LogP contribution >= 0.6 is 0 Å². The molecule has 0 spiro atoms. The van der Waals surface area contributed by atoms with Crippen LogP contribution in [0.1, 0.15) is 17.3 Å². The fourth-order valence-electron chi connectivity index (χ4n) is 2.18. The monoisotopic (exact) mass is 297 g/mol. The van der Waals surface area contributed by atoms with Gasteiger partial charge in [0.1, 0.15) is 5.75 Å². The summed E-state index contributed by atoms with van der Waals surface area (Å²) in [5.41, 5.74) is 2.22. The Labute approximate surface area is 126 Å².